The zero-order valence-corrected chi connectivity index (χ0v) is 14.6. The first-order valence-electron chi connectivity index (χ1n) is 9.07. The normalized spacial score (nSPS) is 24.6. The van der Waals surface area contributed by atoms with Crippen LogP contribution in [0.5, 0.6) is 0 Å². The summed E-state index contributed by atoms with van der Waals surface area (Å²) in [6, 6.07) is 3.87. The van der Waals surface area contributed by atoms with Crippen LogP contribution in [0.1, 0.15) is 38.1 Å². The third kappa shape index (κ3) is 4.23. The molecule has 1 aromatic heterocycles. The van der Waals surface area contributed by atoms with Crippen molar-refractivity contribution < 1.29 is 9.90 Å². The van der Waals surface area contributed by atoms with Crippen molar-refractivity contribution >= 4 is 11.6 Å². The number of nitrogens with two attached hydrogens (primary N) is 1. The number of nitriles is 1. The molecule has 8 heteroatoms. The van der Waals surface area contributed by atoms with Crippen molar-refractivity contribution in [3.05, 3.63) is 28.7 Å². The third-order valence-corrected chi connectivity index (χ3v) is 5.22. The molecule has 0 bridgehead atoms. The van der Waals surface area contributed by atoms with Crippen LogP contribution in [0, 0.1) is 23.2 Å². The van der Waals surface area contributed by atoms with Gasteiger partial charge in [-0.05, 0) is 43.9 Å². The Labute approximate surface area is 152 Å². The van der Waals surface area contributed by atoms with E-state index in [4.69, 9.17) is 5.73 Å². The standard InChI is InChI=1S/C18H25N5O3/c19-10-13(9-12-5-6-21-16(12)24)22-17(25)15(8-11-3-4-11)23-7-1-2-14(20)18(23)26/h1-2,7,11-13,15-16,21,24H,3-6,8-9,20H2,(H,22,25)/t12-,13-,15-,16?/m0/s1. The second-order valence-corrected chi connectivity index (χ2v) is 7.24. The molecule has 0 aromatic carbocycles. The zero-order chi connectivity index (χ0) is 18.7. The number of hydrogen-bond acceptors (Lipinski definition) is 6. The average Bonchev–Trinajstić information content (AvgIpc) is 3.36. The van der Waals surface area contributed by atoms with E-state index in [-0.39, 0.29) is 17.5 Å². The van der Waals surface area contributed by atoms with Crippen molar-refractivity contribution in [2.75, 3.05) is 12.3 Å². The van der Waals surface area contributed by atoms with E-state index in [2.05, 4.69) is 16.7 Å². The third-order valence-electron chi connectivity index (χ3n) is 5.22. The van der Waals surface area contributed by atoms with Gasteiger partial charge in [-0.3, -0.25) is 14.9 Å². The Bertz CT molecular complexity index is 752. The number of carbonyl (C=O) groups excluding carboxylic acids is 1. The van der Waals surface area contributed by atoms with Gasteiger partial charge in [0.15, 0.2) is 0 Å². The summed E-state index contributed by atoms with van der Waals surface area (Å²) in [6.07, 6.45) is 4.69. The molecule has 5 N–H and O–H groups in total. The number of pyridine rings is 1. The number of carbonyl (C=O) groups is 1. The van der Waals surface area contributed by atoms with E-state index < -0.39 is 23.9 Å². The van der Waals surface area contributed by atoms with Gasteiger partial charge in [-0.15, -0.1) is 0 Å². The molecule has 4 atom stereocenters. The van der Waals surface area contributed by atoms with Crippen molar-refractivity contribution in [3.8, 4) is 6.07 Å². The first-order valence-corrected chi connectivity index (χ1v) is 9.07. The van der Waals surface area contributed by atoms with E-state index in [0.29, 0.717) is 25.3 Å². The second kappa shape index (κ2) is 7.89. The topological polar surface area (TPSA) is 133 Å². The number of aliphatic hydroxyl groups is 1. The van der Waals surface area contributed by atoms with E-state index in [1.54, 1.807) is 12.3 Å². The van der Waals surface area contributed by atoms with Gasteiger partial charge < -0.3 is 20.7 Å². The maximum absolute atomic E-state index is 12.9. The lowest BCUT2D eigenvalue weighted by Gasteiger charge is -2.23. The summed E-state index contributed by atoms with van der Waals surface area (Å²) < 4.78 is 1.36. The van der Waals surface area contributed by atoms with E-state index in [1.807, 2.05) is 0 Å². The molecule has 2 heterocycles. The highest BCUT2D eigenvalue weighted by atomic mass is 16.3. The second-order valence-electron chi connectivity index (χ2n) is 7.24. The molecule has 1 unspecified atom stereocenters. The van der Waals surface area contributed by atoms with Crippen molar-refractivity contribution in [2.24, 2.45) is 11.8 Å². The number of nitrogens with zero attached hydrogens (tertiary/aromatic N) is 2. The van der Waals surface area contributed by atoms with Crippen molar-refractivity contribution in [3.63, 3.8) is 0 Å². The Morgan fingerprint density at radius 3 is 2.85 bits per heavy atom. The van der Waals surface area contributed by atoms with Crippen LogP contribution in [0.2, 0.25) is 0 Å². The Kier molecular flexibility index (Phi) is 5.59. The Morgan fingerprint density at radius 1 is 1.46 bits per heavy atom. The molecule has 140 valence electrons. The summed E-state index contributed by atoms with van der Waals surface area (Å²) in [4.78, 5) is 25.2. The number of hydrogen-bond donors (Lipinski definition) is 4. The van der Waals surface area contributed by atoms with Gasteiger partial charge in [-0.2, -0.15) is 5.26 Å². The number of amides is 1. The average molecular weight is 359 g/mol. The highest BCUT2D eigenvalue weighted by Crippen LogP contribution is 2.36. The van der Waals surface area contributed by atoms with Crippen LogP contribution >= 0.6 is 0 Å². The van der Waals surface area contributed by atoms with Gasteiger partial charge in [-0.1, -0.05) is 12.8 Å². The fourth-order valence-electron chi connectivity index (χ4n) is 3.49. The molecule has 1 amide bonds. The van der Waals surface area contributed by atoms with Crippen molar-refractivity contribution in [2.45, 2.75) is 50.4 Å². The van der Waals surface area contributed by atoms with Gasteiger partial charge >= 0.3 is 0 Å². The first kappa shape index (κ1) is 18.4. The molecule has 1 aliphatic heterocycles. The van der Waals surface area contributed by atoms with Gasteiger partial charge in [0.1, 0.15) is 18.3 Å². The molecule has 1 saturated heterocycles. The quantitative estimate of drug-likeness (QED) is 0.546. The maximum atomic E-state index is 12.9. The van der Waals surface area contributed by atoms with Gasteiger partial charge in [0.2, 0.25) is 5.91 Å². The Morgan fingerprint density at radius 2 is 2.23 bits per heavy atom. The molecule has 3 rings (SSSR count). The minimum absolute atomic E-state index is 0.0723. The summed E-state index contributed by atoms with van der Waals surface area (Å²) in [5, 5.41) is 24.9. The zero-order valence-electron chi connectivity index (χ0n) is 14.6. The van der Waals surface area contributed by atoms with Crippen LogP contribution < -0.4 is 21.9 Å². The minimum Gasteiger partial charge on any atom is -0.394 e. The molecule has 1 aliphatic carbocycles. The molecule has 0 spiro atoms. The summed E-state index contributed by atoms with van der Waals surface area (Å²) in [5.41, 5.74) is 5.41. The lowest BCUT2D eigenvalue weighted by molar-refractivity contribution is -0.125. The number of aliphatic hydroxyl groups excluding tert-OH is 1. The molecule has 1 aromatic rings. The lowest BCUT2D eigenvalue weighted by atomic mass is 9.98. The fraction of sp³-hybridized carbons (Fsp3) is 0.611. The molecule has 8 nitrogen and oxygen atoms in total. The van der Waals surface area contributed by atoms with Crippen LogP contribution in [0.3, 0.4) is 0 Å². The SMILES string of the molecule is N#C[C@H](C[C@@H]1CCNC1O)NC(=O)[C@H](CC1CC1)n1cccc(N)c1=O. The van der Waals surface area contributed by atoms with Gasteiger partial charge in [0.25, 0.3) is 5.56 Å². The van der Waals surface area contributed by atoms with E-state index in [9.17, 15) is 20.0 Å². The molecule has 26 heavy (non-hydrogen) atoms. The van der Waals surface area contributed by atoms with E-state index in [1.165, 1.54) is 10.6 Å². The van der Waals surface area contributed by atoms with Crippen LogP contribution in [0.4, 0.5) is 5.69 Å². The molecule has 2 aliphatic rings. The first-order chi connectivity index (χ1) is 12.5. The molecule has 0 radical (unpaired) electrons. The smallest absolute Gasteiger partial charge is 0.274 e. The van der Waals surface area contributed by atoms with Crippen molar-refractivity contribution in [1.82, 2.24) is 15.2 Å². The number of nitrogen functional groups attached to an aromatic ring is 1. The predicted octanol–water partition coefficient (Wildman–Crippen LogP) is 0.0981. The number of nitrogens with one attached hydrogen (secondary N) is 2. The molecular weight excluding hydrogens is 334 g/mol. The Balaban J connectivity index is 1.73. The minimum atomic E-state index is -0.708. The van der Waals surface area contributed by atoms with Crippen LogP contribution in [-0.2, 0) is 4.79 Å². The van der Waals surface area contributed by atoms with E-state index in [0.717, 1.165) is 19.3 Å². The maximum Gasteiger partial charge on any atom is 0.274 e. The summed E-state index contributed by atoms with van der Waals surface area (Å²) in [7, 11) is 0. The van der Waals surface area contributed by atoms with Crippen LogP contribution in [-0.4, -0.2) is 34.4 Å². The fourth-order valence-corrected chi connectivity index (χ4v) is 3.49. The molecular formula is C18H25N5O3. The molecule has 1 saturated carbocycles. The number of aromatic nitrogens is 1. The van der Waals surface area contributed by atoms with Gasteiger partial charge in [-0.25, -0.2) is 0 Å². The monoisotopic (exact) mass is 359 g/mol. The molecule has 2 fully saturated rings. The number of anilines is 1. The van der Waals surface area contributed by atoms with Crippen LogP contribution in [0.25, 0.3) is 0 Å². The van der Waals surface area contributed by atoms with Gasteiger partial charge in [0.05, 0.1) is 11.8 Å². The van der Waals surface area contributed by atoms with Crippen molar-refractivity contribution in [1.29, 1.82) is 5.26 Å². The van der Waals surface area contributed by atoms with Gasteiger partial charge in [0, 0.05) is 12.1 Å². The highest BCUT2D eigenvalue weighted by molar-refractivity contribution is 5.81. The number of rotatable bonds is 7. The van der Waals surface area contributed by atoms with E-state index >= 15 is 0 Å². The lowest BCUT2D eigenvalue weighted by Crippen LogP contribution is -2.43. The Hall–Kier alpha value is -2.37. The summed E-state index contributed by atoms with van der Waals surface area (Å²) in [5.74, 6) is -0.00556. The largest absolute Gasteiger partial charge is 0.394 e. The highest BCUT2D eigenvalue weighted by Gasteiger charge is 2.33. The predicted molar refractivity (Wildman–Crippen MR) is 95.8 cm³/mol. The summed E-state index contributed by atoms with van der Waals surface area (Å²) in [6.45, 7) is 0.695. The summed E-state index contributed by atoms with van der Waals surface area (Å²) >= 11 is 0. The van der Waals surface area contributed by atoms with Crippen LogP contribution in [0.15, 0.2) is 23.1 Å².